The summed E-state index contributed by atoms with van der Waals surface area (Å²) in [6, 6.07) is 14.6. The molecule has 0 saturated heterocycles. The van der Waals surface area contributed by atoms with E-state index in [0.29, 0.717) is 11.4 Å². The summed E-state index contributed by atoms with van der Waals surface area (Å²) in [6.07, 6.45) is 1.20. The highest BCUT2D eigenvalue weighted by atomic mass is 79.9. The average Bonchev–Trinajstić information content (AvgIpc) is 2.45. The van der Waals surface area contributed by atoms with Gasteiger partial charge in [0.25, 0.3) is 0 Å². The van der Waals surface area contributed by atoms with Crippen molar-refractivity contribution in [3.05, 3.63) is 58.6 Å². The Morgan fingerprint density at radius 3 is 2.38 bits per heavy atom. The van der Waals surface area contributed by atoms with Crippen LogP contribution in [-0.4, -0.2) is 21.8 Å². The number of methoxy groups -OCH3 is 1. The van der Waals surface area contributed by atoms with E-state index in [1.165, 1.54) is 10.6 Å². The minimum absolute atomic E-state index is 0.277. The summed E-state index contributed by atoms with van der Waals surface area (Å²) in [4.78, 5) is 0. The van der Waals surface area contributed by atoms with Gasteiger partial charge in [0.15, 0.2) is 0 Å². The van der Waals surface area contributed by atoms with Crippen LogP contribution >= 0.6 is 15.9 Å². The first-order valence-corrected chi connectivity index (χ1v) is 8.90. The summed E-state index contributed by atoms with van der Waals surface area (Å²) >= 11 is 3.37. The van der Waals surface area contributed by atoms with E-state index < -0.39 is 10.0 Å². The SMILES string of the molecule is COc1cccc(N(Cc2ccc(Br)cc2)S(C)(=O)=O)c1. The zero-order valence-electron chi connectivity index (χ0n) is 11.8. The van der Waals surface area contributed by atoms with Crippen molar-refractivity contribution in [1.82, 2.24) is 0 Å². The number of hydrogen-bond donors (Lipinski definition) is 0. The lowest BCUT2D eigenvalue weighted by Crippen LogP contribution is -2.29. The molecular weight excluding hydrogens is 354 g/mol. The Morgan fingerprint density at radius 2 is 1.81 bits per heavy atom. The fourth-order valence-corrected chi connectivity index (χ4v) is 3.07. The van der Waals surface area contributed by atoms with Gasteiger partial charge in [-0.1, -0.05) is 34.1 Å². The van der Waals surface area contributed by atoms with Gasteiger partial charge in [-0.3, -0.25) is 4.31 Å². The van der Waals surface area contributed by atoms with Gasteiger partial charge in [-0.15, -0.1) is 0 Å². The Labute approximate surface area is 133 Å². The lowest BCUT2D eigenvalue weighted by Gasteiger charge is -2.23. The highest BCUT2D eigenvalue weighted by molar-refractivity contribution is 9.10. The minimum Gasteiger partial charge on any atom is -0.497 e. The molecule has 2 aromatic rings. The number of nitrogens with zero attached hydrogens (tertiary/aromatic N) is 1. The molecule has 2 rings (SSSR count). The second-order valence-corrected chi connectivity index (χ2v) is 7.42. The number of rotatable bonds is 5. The van der Waals surface area contributed by atoms with Crippen LogP contribution in [-0.2, 0) is 16.6 Å². The first-order chi connectivity index (χ1) is 9.90. The summed E-state index contributed by atoms with van der Waals surface area (Å²) in [7, 11) is -1.83. The van der Waals surface area contributed by atoms with E-state index in [4.69, 9.17) is 4.74 Å². The quantitative estimate of drug-likeness (QED) is 0.810. The molecule has 0 unspecified atom stereocenters. The highest BCUT2D eigenvalue weighted by Crippen LogP contribution is 2.25. The third kappa shape index (κ3) is 4.22. The number of sulfonamides is 1. The molecule has 21 heavy (non-hydrogen) atoms. The van der Waals surface area contributed by atoms with E-state index in [1.54, 1.807) is 31.4 Å². The molecule has 2 aromatic carbocycles. The van der Waals surface area contributed by atoms with Crippen molar-refractivity contribution in [2.75, 3.05) is 17.7 Å². The molecule has 0 heterocycles. The molecule has 0 bridgehead atoms. The molecule has 112 valence electrons. The van der Waals surface area contributed by atoms with E-state index in [2.05, 4.69) is 15.9 Å². The maximum atomic E-state index is 12.1. The van der Waals surface area contributed by atoms with Crippen molar-refractivity contribution in [2.24, 2.45) is 0 Å². The van der Waals surface area contributed by atoms with Crippen molar-refractivity contribution < 1.29 is 13.2 Å². The molecule has 0 aromatic heterocycles. The van der Waals surface area contributed by atoms with Crippen LogP contribution in [0.5, 0.6) is 5.75 Å². The van der Waals surface area contributed by atoms with Crippen LogP contribution < -0.4 is 9.04 Å². The lowest BCUT2D eigenvalue weighted by atomic mass is 10.2. The fraction of sp³-hybridized carbons (Fsp3) is 0.200. The Balaban J connectivity index is 2.37. The number of hydrogen-bond acceptors (Lipinski definition) is 3. The van der Waals surface area contributed by atoms with Gasteiger partial charge in [0.05, 0.1) is 25.6 Å². The Kier molecular flexibility index (Phi) is 4.90. The summed E-state index contributed by atoms with van der Waals surface area (Å²) < 4.78 is 31.6. The van der Waals surface area contributed by atoms with Crippen LogP contribution in [0.4, 0.5) is 5.69 Å². The van der Waals surface area contributed by atoms with Crippen LogP contribution in [0.3, 0.4) is 0 Å². The number of halogens is 1. The molecule has 0 spiro atoms. The molecule has 0 amide bonds. The van der Waals surface area contributed by atoms with E-state index in [0.717, 1.165) is 10.0 Å². The molecular formula is C15H16BrNO3S. The Bertz CT molecular complexity index is 714. The topological polar surface area (TPSA) is 46.6 Å². The van der Waals surface area contributed by atoms with Gasteiger partial charge in [-0.25, -0.2) is 8.42 Å². The normalized spacial score (nSPS) is 11.2. The largest absolute Gasteiger partial charge is 0.497 e. The predicted molar refractivity (Wildman–Crippen MR) is 88.2 cm³/mol. The van der Waals surface area contributed by atoms with Crippen molar-refractivity contribution >= 4 is 31.6 Å². The minimum atomic E-state index is -3.39. The molecule has 0 aliphatic rings. The van der Waals surface area contributed by atoms with Crippen LogP contribution in [0.25, 0.3) is 0 Å². The molecule has 6 heteroatoms. The van der Waals surface area contributed by atoms with Gasteiger partial charge in [-0.2, -0.15) is 0 Å². The van der Waals surface area contributed by atoms with E-state index in [1.807, 2.05) is 24.3 Å². The third-order valence-corrected chi connectivity index (χ3v) is 4.65. The molecule has 0 aliphatic carbocycles. The van der Waals surface area contributed by atoms with Crippen LogP contribution in [0.2, 0.25) is 0 Å². The maximum absolute atomic E-state index is 12.1. The monoisotopic (exact) mass is 369 g/mol. The molecule has 0 atom stereocenters. The summed E-state index contributed by atoms with van der Waals surface area (Å²) in [5.41, 5.74) is 1.49. The van der Waals surface area contributed by atoms with Crippen molar-refractivity contribution in [2.45, 2.75) is 6.54 Å². The zero-order chi connectivity index (χ0) is 15.5. The lowest BCUT2D eigenvalue weighted by molar-refractivity contribution is 0.415. The fourth-order valence-electron chi connectivity index (χ4n) is 1.92. The van der Waals surface area contributed by atoms with E-state index in [9.17, 15) is 8.42 Å². The number of ether oxygens (including phenoxy) is 1. The standard InChI is InChI=1S/C15H16BrNO3S/c1-20-15-5-3-4-14(10-15)17(21(2,18)19)11-12-6-8-13(16)9-7-12/h3-10H,11H2,1-2H3. The number of benzene rings is 2. The second-order valence-electron chi connectivity index (χ2n) is 4.60. The number of anilines is 1. The van der Waals surface area contributed by atoms with E-state index >= 15 is 0 Å². The van der Waals surface area contributed by atoms with Crippen LogP contribution in [0.1, 0.15) is 5.56 Å². The smallest absolute Gasteiger partial charge is 0.232 e. The van der Waals surface area contributed by atoms with Gasteiger partial charge in [0, 0.05) is 10.5 Å². The molecule has 0 saturated carbocycles. The van der Waals surface area contributed by atoms with Gasteiger partial charge < -0.3 is 4.74 Å². The summed E-state index contributed by atoms with van der Waals surface area (Å²) in [5.74, 6) is 0.622. The van der Waals surface area contributed by atoms with Crippen molar-refractivity contribution in [1.29, 1.82) is 0 Å². The van der Waals surface area contributed by atoms with Gasteiger partial charge in [0.2, 0.25) is 10.0 Å². The average molecular weight is 370 g/mol. The van der Waals surface area contributed by atoms with Crippen molar-refractivity contribution in [3.8, 4) is 5.75 Å². The van der Waals surface area contributed by atoms with Crippen LogP contribution in [0.15, 0.2) is 53.0 Å². The molecule has 4 nitrogen and oxygen atoms in total. The van der Waals surface area contributed by atoms with Crippen LogP contribution in [0, 0.1) is 0 Å². The first kappa shape index (κ1) is 15.9. The van der Waals surface area contributed by atoms with Gasteiger partial charge in [-0.05, 0) is 29.8 Å². The summed E-state index contributed by atoms with van der Waals surface area (Å²) in [6.45, 7) is 0.277. The Hall–Kier alpha value is -1.53. The molecule has 0 N–H and O–H groups in total. The third-order valence-electron chi connectivity index (χ3n) is 2.98. The predicted octanol–water partition coefficient (Wildman–Crippen LogP) is 3.42. The molecule has 0 fully saturated rings. The zero-order valence-corrected chi connectivity index (χ0v) is 14.2. The van der Waals surface area contributed by atoms with Crippen molar-refractivity contribution in [3.63, 3.8) is 0 Å². The first-order valence-electron chi connectivity index (χ1n) is 6.26. The second kappa shape index (κ2) is 6.49. The van der Waals surface area contributed by atoms with Gasteiger partial charge >= 0.3 is 0 Å². The maximum Gasteiger partial charge on any atom is 0.232 e. The van der Waals surface area contributed by atoms with E-state index in [-0.39, 0.29) is 6.54 Å². The summed E-state index contributed by atoms with van der Waals surface area (Å²) in [5, 5.41) is 0. The Morgan fingerprint density at radius 1 is 1.14 bits per heavy atom. The molecule has 0 radical (unpaired) electrons. The highest BCUT2D eigenvalue weighted by Gasteiger charge is 2.18. The van der Waals surface area contributed by atoms with Gasteiger partial charge in [0.1, 0.15) is 5.75 Å². The molecule has 0 aliphatic heterocycles.